The Balaban J connectivity index is 1.33. The second kappa shape index (κ2) is 10.1. The molecule has 0 bridgehead atoms. The number of carbonyl (C=O) groups excluding carboxylic acids is 2. The highest BCUT2D eigenvalue weighted by Crippen LogP contribution is 2.38. The number of benzene rings is 3. The molecule has 3 aromatic carbocycles. The summed E-state index contributed by atoms with van der Waals surface area (Å²) in [6.45, 7) is 3.69. The molecule has 0 radical (unpaired) electrons. The zero-order chi connectivity index (χ0) is 25.2. The summed E-state index contributed by atoms with van der Waals surface area (Å²) < 4.78 is 13.8. The topological polar surface area (TPSA) is 74.1 Å². The van der Waals surface area contributed by atoms with Crippen LogP contribution in [-0.2, 0) is 9.59 Å². The molecule has 6 nitrogen and oxygen atoms in total. The van der Waals surface area contributed by atoms with Crippen LogP contribution in [-0.4, -0.2) is 33.0 Å². The van der Waals surface area contributed by atoms with Gasteiger partial charge in [0.2, 0.25) is 5.91 Å². The number of hydrogen-bond donors (Lipinski definition) is 1. The van der Waals surface area contributed by atoms with Gasteiger partial charge in [-0.25, -0.2) is 9.40 Å². The van der Waals surface area contributed by atoms with E-state index >= 15 is 0 Å². The fourth-order valence-electron chi connectivity index (χ4n) is 4.20. The molecule has 0 spiro atoms. The molecule has 0 aliphatic carbocycles. The standard InChI is InChI=1S/C28H25FN4O2S/c1-17-8-11-20(12-9-17)24-15-23(19-6-4-3-5-7-19)32-33(24)28-31-27(35)25(36-28)16-26(34)30-21-13-10-18(2)22(29)14-21/h3-14,24-25H,15-16H2,1-2H3,(H,30,34)/t24-,25+/m1/s1. The zero-order valence-electron chi connectivity index (χ0n) is 19.9. The highest BCUT2D eigenvalue weighted by Gasteiger charge is 2.39. The van der Waals surface area contributed by atoms with Gasteiger partial charge in [0.25, 0.3) is 5.91 Å². The van der Waals surface area contributed by atoms with Crippen LogP contribution < -0.4 is 5.32 Å². The van der Waals surface area contributed by atoms with Gasteiger partial charge >= 0.3 is 0 Å². The lowest BCUT2D eigenvalue weighted by Crippen LogP contribution is -2.25. The van der Waals surface area contributed by atoms with Crippen LogP contribution in [0.15, 0.2) is 82.9 Å². The van der Waals surface area contributed by atoms with E-state index in [4.69, 9.17) is 5.10 Å². The minimum Gasteiger partial charge on any atom is -0.326 e. The van der Waals surface area contributed by atoms with Gasteiger partial charge in [0.15, 0.2) is 5.17 Å². The predicted octanol–water partition coefficient (Wildman–Crippen LogP) is 5.62. The number of nitrogens with one attached hydrogen (secondary N) is 1. The van der Waals surface area contributed by atoms with Crippen molar-refractivity contribution in [2.75, 3.05) is 5.32 Å². The third-order valence-electron chi connectivity index (χ3n) is 6.23. The van der Waals surface area contributed by atoms with Crippen LogP contribution in [0.1, 0.15) is 41.1 Å². The molecule has 8 heteroatoms. The van der Waals surface area contributed by atoms with E-state index in [1.54, 1.807) is 19.1 Å². The van der Waals surface area contributed by atoms with E-state index in [0.29, 0.717) is 22.8 Å². The van der Waals surface area contributed by atoms with Crippen LogP contribution in [0.2, 0.25) is 0 Å². The molecule has 0 unspecified atom stereocenters. The number of hydrogen-bond acceptors (Lipinski definition) is 5. The Morgan fingerprint density at radius 2 is 1.83 bits per heavy atom. The van der Waals surface area contributed by atoms with Crippen molar-refractivity contribution in [2.45, 2.75) is 38.0 Å². The molecule has 2 amide bonds. The third-order valence-corrected chi connectivity index (χ3v) is 7.37. The van der Waals surface area contributed by atoms with Crippen molar-refractivity contribution < 1.29 is 14.0 Å². The molecule has 182 valence electrons. The molecule has 3 aromatic rings. The SMILES string of the molecule is Cc1ccc([C@H]2CC(c3ccccc3)=NN2C2=NC(=O)[C@H](CC(=O)Nc3ccc(C)c(F)c3)S2)cc1. The van der Waals surface area contributed by atoms with E-state index < -0.39 is 11.1 Å². The molecule has 0 aromatic heterocycles. The number of hydrazone groups is 1. The van der Waals surface area contributed by atoms with Gasteiger partial charge in [-0.05, 0) is 42.7 Å². The number of amides is 2. The number of aryl methyl sites for hydroxylation is 2. The number of carbonyl (C=O) groups is 2. The molecule has 0 saturated carbocycles. The van der Waals surface area contributed by atoms with Crippen molar-refractivity contribution in [1.29, 1.82) is 0 Å². The Labute approximate surface area is 213 Å². The molecule has 2 atom stereocenters. The van der Waals surface area contributed by atoms with E-state index in [-0.39, 0.29) is 24.3 Å². The monoisotopic (exact) mass is 500 g/mol. The third kappa shape index (κ3) is 5.09. The van der Waals surface area contributed by atoms with Crippen LogP contribution in [0.4, 0.5) is 10.1 Å². The van der Waals surface area contributed by atoms with Gasteiger partial charge in [-0.1, -0.05) is 78.0 Å². The number of halogens is 1. The first kappa shape index (κ1) is 23.9. The summed E-state index contributed by atoms with van der Waals surface area (Å²) in [5, 5.41) is 9.16. The van der Waals surface area contributed by atoms with E-state index in [1.807, 2.05) is 42.3 Å². The van der Waals surface area contributed by atoms with Crippen LogP contribution >= 0.6 is 11.8 Å². The van der Waals surface area contributed by atoms with Crippen molar-refractivity contribution in [2.24, 2.45) is 10.1 Å². The summed E-state index contributed by atoms with van der Waals surface area (Å²) in [6, 6.07) is 22.6. The summed E-state index contributed by atoms with van der Waals surface area (Å²) >= 11 is 1.24. The van der Waals surface area contributed by atoms with Crippen LogP contribution in [0.5, 0.6) is 0 Å². The van der Waals surface area contributed by atoms with Crippen molar-refractivity contribution in [3.05, 3.63) is 101 Å². The lowest BCUT2D eigenvalue weighted by atomic mass is 9.98. The van der Waals surface area contributed by atoms with Gasteiger partial charge in [-0.15, -0.1) is 0 Å². The first-order valence-corrected chi connectivity index (χ1v) is 12.6. The molecule has 2 aliphatic heterocycles. The van der Waals surface area contributed by atoms with Crippen LogP contribution in [0.3, 0.4) is 0 Å². The first-order chi connectivity index (χ1) is 17.4. The van der Waals surface area contributed by atoms with E-state index in [1.165, 1.54) is 17.8 Å². The van der Waals surface area contributed by atoms with Crippen LogP contribution in [0.25, 0.3) is 0 Å². The molecular formula is C28H25FN4O2S. The fourth-order valence-corrected chi connectivity index (χ4v) is 5.26. The molecule has 5 rings (SSSR count). The number of rotatable bonds is 5. The second-order valence-corrected chi connectivity index (χ2v) is 10.1. The maximum Gasteiger partial charge on any atom is 0.262 e. The van der Waals surface area contributed by atoms with Crippen molar-refractivity contribution in [3.63, 3.8) is 0 Å². The molecule has 0 saturated heterocycles. The molecule has 2 aliphatic rings. The smallest absolute Gasteiger partial charge is 0.262 e. The van der Waals surface area contributed by atoms with Gasteiger partial charge in [-0.3, -0.25) is 9.59 Å². The average molecular weight is 501 g/mol. The Bertz CT molecular complexity index is 1370. The zero-order valence-corrected chi connectivity index (χ0v) is 20.8. The van der Waals surface area contributed by atoms with Gasteiger partial charge in [-0.2, -0.15) is 10.1 Å². The van der Waals surface area contributed by atoms with Crippen molar-refractivity contribution >= 4 is 40.1 Å². The number of anilines is 1. The molecule has 1 N–H and O–H groups in total. The van der Waals surface area contributed by atoms with E-state index in [9.17, 15) is 14.0 Å². The summed E-state index contributed by atoms with van der Waals surface area (Å²) in [5.74, 6) is -1.13. The highest BCUT2D eigenvalue weighted by molar-refractivity contribution is 8.15. The highest BCUT2D eigenvalue weighted by atomic mass is 32.2. The molecular weight excluding hydrogens is 475 g/mol. The summed E-state index contributed by atoms with van der Waals surface area (Å²) in [5.41, 5.74) is 5.03. The average Bonchev–Trinajstić information content (AvgIpc) is 3.46. The fraction of sp³-hybridized carbons (Fsp3) is 0.214. The van der Waals surface area contributed by atoms with Gasteiger partial charge in [0.05, 0.1) is 11.8 Å². The van der Waals surface area contributed by atoms with Gasteiger partial charge in [0.1, 0.15) is 11.1 Å². The lowest BCUT2D eigenvalue weighted by Gasteiger charge is -2.23. The lowest BCUT2D eigenvalue weighted by molar-refractivity contribution is -0.121. The van der Waals surface area contributed by atoms with Gasteiger partial charge in [0, 0.05) is 18.5 Å². The summed E-state index contributed by atoms with van der Waals surface area (Å²) in [4.78, 5) is 29.6. The number of amidine groups is 1. The summed E-state index contributed by atoms with van der Waals surface area (Å²) in [7, 11) is 0. The predicted molar refractivity (Wildman–Crippen MR) is 142 cm³/mol. The maximum atomic E-state index is 13.8. The van der Waals surface area contributed by atoms with Crippen molar-refractivity contribution in [3.8, 4) is 0 Å². The largest absolute Gasteiger partial charge is 0.326 e. The van der Waals surface area contributed by atoms with E-state index in [2.05, 4.69) is 34.6 Å². The second-order valence-electron chi connectivity index (χ2n) is 8.94. The van der Waals surface area contributed by atoms with E-state index in [0.717, 1.165) is 22.4 Å². The molecule has 36 heavy (non-hydrogen) atoms. The first-order valence-electron chi connectivity index (χ1n) is 11.7. The number of aliphatic imine (C=N–C) groups is 1. The maximum absolute atomic E-state index is 13.8. The Kier molecular flexibility index (Phi) is 6.69. The number of nitrogens with zero attached hydrogens (tertiary/aromatic N) is 3. The van der Waals surface area contributed by atoms with Gasteiger partial charge < -0.3 is 5.32 Å². The van der Waals surface area contributed by atoms with Crippen molar-refractivity contribution in [1.82, 2.24) is 5.01 Å². The quantitative estimate of drug-likeness (QED) is 0.493. The molecule has 0 fully saturated rings. The Morgan fingerprint density at radius 3 is 2.56 bits per heavy atom. The minimum atomic E-state index is -0.662. The normalized spacial score (nSPS) is 19.3. The number of thioether (sulfide) groups is 1. The Hall–Kier alpha value is -3.78. The minimum absolute atomic E-state index is 0.0652. The van der Waals surface area contributed by atoms with Crippen LogP contribution in [0, 0.1) is 19.7 Å². The Morgan fingerprint density at radius 1 is 1.08 bits per heavy atom. The summed E-state index contributed by atoms with van der Waals surface area (Å²) in [6.07, 6.45) is 0.606. The molecule has 2 heterocycles.